The molecule has 5 heteroatoms. The van der Waals surface area contributed by atoms with Crippen LogP contribution in [0.2, 0.25) is 0 Å². The highest BCUT2D eigenvalue weighted by molar-refractivity contribution is 5.57. The van der Waals surface area contributed by atoms with Crippen LogP contribution in [-0.4, -0.2) is 27.9 Å². The van der Waals surface area contributed by atoms with E-state index in [9.17, 15) is 5.11 Å². The molecule has 0 atom stereocenters. The van der Waals surface area contributed by atoms with Crippen molar-refractivity contribution in [3.05, 3.63) is 29.7 Å². The summed E-state index contributed by atoms with van der Waals surface area (Å²) in [5.41, 5.74) is 1.56. The lowest BCUT2D eigenvalue weighted by atomic mass is 10.1. The zero-order valence-corrected chi connectivity index (χ0v) is 11.5. The molecule has 2 N–H and O–H groups in total. The summed E-state index contributed by atoms with van der Waals surface area (Å²) in [7, 11) is 0. The third-order valence-corrected chi connectivity index (χ3v) is 2.81. The Morgan fingerprint density at radius 1 is 1.32 bits per heavy atom. The van der Waals surface area contributed by atoms with Crippen LogP contribution in [-0.2, 0) is 6.42 Å². The zero-order chi connectivity index (χ0) is 13.8. The molecule has 0 aliphatic heterocycles. The third kappa shape index (κ3) is 3.54. The van der Waals surface area contributed by atoms with Crippen LogP contribution in [0.3, 0.4) is 0 Å². The maximum absolute atomic E-state index is 9.67. The van der Waals surface area contributed by atoms with Gasteiger partial charge in [-0.2, -0.15) is 0 Å². The molecule has 0 amide bonds. The second-order valence-corrected chi connectivity index (χ2v) is 4.86. The van der Waals surface area contributed by atoms with E-state index in [2.05, 4.69) is 29.4 Å². The lowest BCUT2D eigenvalue weighted by Crippen LogP contribution is -2.25. The van der Waals surface area contributed by atoms with Crippen LogP contribution >= 0.6 is 0 Å². The average Bonchev–Trinajstić information content (AvgIpc) is 2.81. The van der Waals surface area contributed by atoms with Crippen LogP contribution < -0.4 is 5.32 Å². The molecule has 0 saturated heterocycles. The smallest absolute Gasteiger partial charge is 0.247 e. The van der Waals surface area contributed by atoms with Gasteiger partial charge in [0.15, 0.2) is 0 Å². The SMILES string of the molecule is Cc1ccc(-c2nnc(CCNC(C)C)o2)cc1O. The summed E-state index contributed by atoms with van der Waals surface area (Å²) in [5, 5.41) is 21.0. The van der Waals surface area contributed by atoms with E-state index in [0.717, 1.165) is 17.7 Å². The molecule has 102 valence electrons. The van der Waals surface area contributed by atoms with E-state index < -0.39 is 0 Å². The lowest BCUT2D eigenvalue weighted by molar-refractivity contribution is 0.469. The Bertz CT molecular complexity index is 549. The fraction of sp³-hybridized carbons (Fsp3) is 0.429. The first-order chi connectivity index (χ1) is 9.06. The Morgan fingerprint density at radius 2 is 2.11 bits per heavy atom. The predicted octanol–water partition coefficient (Wildman–Crippen LogP) is 2.29. The summed E-state index contributed by atoms with van der Waals surface area (Å²) in [4.78, 5) is 0. The van der Waals surface area contributed by atoms with Gasteiger partial charge in [-0.25, -0.2) is 0 Å². The minimum absolute atomic E-state index is 0.235. The van der Waals surface area contributed by atoms with Gasteiger partial charge in [-0.15, -0.1) is 10.2 Å². The van der Waals surface area contributed by atoms with Crippen molar-refractivity contribution in [2.24, 2.45) is 0 Å². The summed E-state index contributed by atoms with van der Waals surface area (Å²) in [6, 6.07) is 5.77. The number of aromatic hydroxyl groups is 1. The molecule has 19 heavy (non-hydrogen) atoms. The highest BCUT2D eigenvalue weighted by Crippen LogP contribution is 2.24. The number of hydrogen-bond acceptors (Lipinski definition) is 5. The molecular weight excluding hydrogens is 242 g/mol. The van der Waals surface area contributed by atoms with Crippen molar-refractivity contribution in [3.8, 4) is 17.2 Å². The highest BCUT2D eigenvalue weighted by atomic mass is 16.4. The highest BCUT2D eigenvalue weighted by Gasteiger charge is 2.09. The van der Waals surface area contributed by atoms with Gasteiger partial charge in [-0.1, -0.05) is 19.9 Å². The van der Waals surface area contributed by atoms with Crippen molar-refractivity contribution >= 4 is 0 Å². The normalized spacial score (nSPS) is 11.2. The van der Waals surface area contributed by atoms with Crippen LogP contribution in [0.1, 0.15) is 25.3 Å². The van der Waals surface area contributed by atoms with E-state index in [-0.39, 0.29) is 5.75 Å². The summed E-state index contributed by atoms with van der Waals surface area (Å²) in [6.45, 7) is 6.83. The van der Waals surface area contributed by atoms with E-state index >= 15 is 0 Å². The number of aryl methyl sites for hydroxylation is 1. The van der Waals surface area contributed by atoms with E-state index in [0.29, 0.717) is 24.2 Å². The lowest BCUT2D eigenvalue weighted by Gasteiger charge is -2.04. The van der Waals surface area contributed by atoms with E-state index in [1.807, 2.05) is 19.1 Å². The number of nitrogens with one attached hydrogen (secondary N) is 1. The molecule has 1 aromatic carbocycles. The van der Waals surface area contributed by atoms with Crippen LogP contribution in [0.4, 0.5) is 0 Å². The third-order valence-electron chi connectivity index (χ3n) is 2.81. The number of rotatable bonds is 5. The molecule has 1 aromatic heterocycles. The fourth-order valence-corrected chi connectivity index (χ4v) is 1.68. The predicted molar refractivity (Wildman–Crippen MR) is 73.0 cm³/mol. The van der Waals surface area contributed by atoms with Crippen LogP contribution in [0.5, 0.6) is 5.75 Å². The van der Waals surface area contributed by atoms with E-state index in [4.69, 9.17) is 4.42 Å². The molecule has 0 unspecified atom stereocenters. The van der Waals surface area contributed by atoms with Gasteiger partial charge in [0.1, 0.15) is 5.75 Å². The Balaban J connectivity index is 2.05. The molecule has 0 aliphatic rings. The van der Waals surface area contributed by atoms with Gasteiger partial charge in [0.25, 0.3) is 0 Å². The average molecular weight is 261 g/mol. The molecule has 0 bridgehead atoms. The van der Waals surface area contributed by atoms with Crippen LogP contribution in [0.15, 0.2) is 22.6 Å². The zero-order valence-electron chi connectivity index (χ0n) is 11.5. The van der Waals surface area contributed by atoms with Gasteiger partial charge >= 0.3 is 0 Å². The molecule has 2 rings (SSSR count). The first-order valence-electron chi connectivity index (χ1n) is 6.42. The minimum atomic E-state index is 0.235. The monoisotopic (exact) mass is 261 g/mol. The van der Waals surface area contributed by atoms with E-state index in [1.165, 1.54) is 0 Å². The second kappa shape index (κ2) is 5.84. The summed E-state index contributed by atoms with van der Waals surface area (Å²) < 4.78 is 5.57. The number of benzene rings is 1. The van der Waals surface area contributed by atoms with Crippen molar-refractivity contribution in [3.63, 3.8) is 0 Å². The van der Waals surface area contributed by atoms with Crippen molar-refractivity contribution in [2.45, 2.75) is 33.2 Å². The molecule has 0 spiro atoms. The quantitative estimate of drug-likeness (QED) is 0.864. The standard InChI is InChI=1S/C14H19N3O2/c1-9(2)15-7-6-13-16-17-14(19-13)11-5-4-10(3)12(18)8-11/h4-5,8-9,15,18H,6-7H2,1-3H3. The minimum Gasteiger partial charge on any atom is -0.508 e. The number of phenols is 1. The molecule has 2 aromatic rings. The fourth-order valence-electron chi connectivity index (χ4n) is 1.68. The van der Waals surface area contributed by atoms with Gasteiger partial charge in [0, 0.05) is 24.6 Å². The molecule has 0 fully saturated rings. The maximum atomic E-state index is 9.67. The number of aromatic nitrogens is 2. The molecular formula is C14H19N3O2. The number of nitrogens with zero attached hydrogens (tertiary/aromatic N) is 2. The van der Waals surface area contributed by atoms with Gasteiger partial charge in [0.2, 0.25) is 11.8 Å². The van der Waals surface area contributed by atoms with Gasteiger partial charge in [-0.3, -0.25) is 0 Å². The van der Waals surface area contributed by atoms with Crippen LogP contribution in [0.25, 0.3) is 11.5 Å². The van der Waals surface area contributed by atoms with Crippen molar-refractivity contribution in [2.75, 3.05) is 6.54 Å². The number of hydrogen-bond donors (Lipinski definition) is 2. The topological polar surface area (TPSA) is 71.2 Å². The largest absolute Gasteiger partial charge is 0.508 e. The first kappa shape index (κ1) is 13.5. The van der Waals surface area contributed by atoms with E-state index in [1.54, 1.807) is 6.07 Å². The van der Waals surface area contributed by atoms with Crippen LogP contribution in [0, 0.1) is 6.92 Å². The maximum Gasteiger partial charge on any atom is 0.247 e. The molecule has 0 radical (unpaired) electrons. The Hall–Kier alpha value is -1.88. The Kier molecular flexibility index (Phi) is 4.16. The Morgan fingerprint density at radius 3 is 2.79 bits per heavy atom. The first-order valence-corrected chi connectivity index (χ1v) is 6.42. The van der Waals surface area contributed by atoms with Gasteiger partial charge in [0.05, 0.1) is 0 Å². The van der Waals surface area contributed by atoms with Crippen molar-refractivity contribution in [1.82, 2.24) is 15.5 Å². The summed E-state index contributed by atoms with van der Waals surface area (Å²) >= 11 is 0. The van der Waals surface area contributed by atoms with Gasteiger partial charge < -0.3 is 14.8 Å². The summed E-state index contributed by atoms with van der Waals surface area (Å²) in [6.07, 6.45) is 0.697. The second-order valence-electron chi connectivity index (χ2n) is 4.86. The van der Waals surface area contributed by atoms with Gasteiger partial charge in [-0.05, 0) is 24.6 Å². The van der Waals surface area contributed by atoms with Crippen molar-refractivity contribution < 1.29 is 9.52 Å². The molecule has 1 heterocycles. The number of phenolic OH excluding ortho intramolecular Hbond substituents is 1. The molecule has 0 saturated carbocycles. The summed E-state index contributed by atoms with van der Waals surface area (Å²) in [5.74, 6) is 1.27. The van der Waals surface area contributed by atoms with Crippen molar-refractivity contribution in [1.29, 1.82) is 0 Å². The Labute approximate surface area is 112 Å². The molecule has 5 nitrogen and oxygen atoms in total. The molecule has 0 aliphatic carbocycles.